The van der Waals surface area contributed by atoms with Crippen molar-refractivity contribution in [2.45, 2.75) is 6.42 Å². The summed E-state index contributed by atoms with van der Waals surface area (Å²) in [6.45, 7) is 0.378. The summed E-state index contributed by atoms with van der Waals surface area (Å²) in [4.78, 5) is 11.6. The van der Waals surface area contributed by atoms with Crippen molar-refractivity contribution in [2.75, 3.05) is 13.2 Å². The number of carbonyl (C=O) groups is 1. The van der Waals surface area contributed by atoms with E-state index < -0.39 is 5.82 Å². The highest BCUT2D eigenvalue weighted by Gasteiger charge is 2.06. The van der Waals surface area contributed by atoms with Gasteiger partial charge in [-0.05, 0) is 30.2 Å². The summed E-state index contributed by atoms with van der Waals surface area (Å²) < 4.78 is 18.1. The number of rotatable bonds is 6. The fraction of sp³-hybridized carbons (Fsp3) is 0.188. The summed E-state index contributed by atoms with van der Waals surface area (Å²) in [5.41, 5.74) is 1.15. The molecule has 0 spiro atoms. The molecule has 0 aromatic heterocycles. The van der Waals surface area contributed by atoms with Crippen LogP contribution in [0, 0.1) is 5.82 Å². The van der Waals surface area contributed by atoms with Gasteiger partial charge >= 0.3 is 0 Å². The van der Waals surface area contributed by atoms with Crippen molar-refractivity contribution in [1.82, 2.24) is 5.32 Å². The van der Waals surface area contributed by atoms with Gasteiger partial charge in [0.1, 0.15) is 11.6 Å². The first-order chi connectivity index (χ1) is 10.1. The summed E-state index contributed by atoms with van der Waals surface area (Å²) in [6.07, 6.45) is 0.754. The Morgan fingerprint density at radius 2 is 1.95 bits per heavy atom. The Balaban J connectivity index is 1.72. The van der Waals surface area contributed by atoms with Crippen LogP contribution in [0.25, 0.3) is 0 Å². The number of carbonyl (C=O) groups excluding carboxylic acids is 1. The van der Waals surface area contributed by atoms with Gasteiger partial charge in [-0.2, -0.15) is 0 Å². The highest BCUT2D eigenvalue weighted by molar-refractivity contribution is 6.32. The molecule has 21 heavy (non-hydrogen) atoms. The zero-order valence-corrected chi connectivity index (χ0v) is 12.1. The second kappa shape index (κ2) is 7.64. The maximum Gasteiger partial charge on any atom is 0.257 e. The molecule has 5 heteroatoms. The van der Waals surface area contributed by atoms with E-state index in [-0.39, 0.29) is 23.3 Å². The van der Waals surface area contributed by atoms with Gasteiger partial charge in [0.15, 0.2) is 6.61 Å². The van der Waals surface area contributed by atoms with Crippen LogP contribution in [-0.4, -0.2) is 19.1 Å². The number of benzene rings is 2. The van der Waals surface area contributed by atoms with Gasteiger partial charge < -0.3 is 10.1 Å². The van der Waals surface area contributed by atoms with Crippen LogP contribution in [0.2, 0.25) is 5.02 Å². The summed E-state index contributed by atoms with van der Waals surface area (Å²) in [5.74, 6) is -0.401. The lowest BCUT2D eigenvalue weighted by atomic mass is 10.1. The van der Waals surface area contributed by atoms with Gasteiger partial charge in [0.25, 0.3) is 5.91 Å². The van der Waals surface area contributed by atoms with Crippen LogP contribution >= 0.6 is 11.6 Å². The van der Waals surface area contributed by atoms with E-state index in [9.17, 15) is 9.18 Å². The zero-order chi connectivity index (χ0) is 15.1. The molecule has 0 unspecified atom stereocenters. The van der Waals surface area contributed by atoms with Crippen LogP contribution in [-0.2, 0) is 11.2 Å². The highest BCUT2D eigenvalue weighted by Crippen LogP contribution is 2.24. The van der Waals surface area contributed by atoms with E-state index in [2.05, 4.69) is 5.32 Å². The molecule has 0 fully saturated rings. The first-order valence-electron chi connectivity index (χ1n) is 6.53. The monoisotopic (exact) mass is 307 g/mol. The lowest BCUT2D eigenvalue weighted by Crippen LogP contribution is -2.30. The van der Waals surface area contributed by atoms with Crippen LogP contribution in [0.5, 0.6) is 5.75 Å². The van der Waals surface area contributed by atoms with Crippen molar-refractivity contribution in [3.8, 4) is 5.75 Å². The molecule has 3 nitrogen and oxygen atoms in total. The molecule has 2 aromatic carbocycles. The van der Waals surface area contributed by atoms with E-state index in [1.54, 1.807) is 0 Å². The Kier molecular flexibility index (Phi) is 5.58. The van der Waals surface area contributed by atoms with Gasteiger partial charge in [0.05, 0.1) is 5.02 Å². The first kappa shape index (κ1) is 15.3. The topological polar surface area (TPSA) is 38.3 Å². The molecule has 0 radical (unpaired) electrons. The molecule has 0 aliphatic carbocycles. The van der Waals surface area contributed by atoms with E-state index in [0.717, 1.165) is 18.1 Å². The maximum atomic E-state index is 12.9. The van der Waals surface area contributed by atoms with Gasteiger partial charge in [-0.3, -0.25) is 4.79 Å². The van der Waals surface area contributed by atoms with Crippen molar-refractivity contribution in [1.29, 1.82) is 0 Å². The standard InChI is InChI=1S/C16H15ClFNO2/c17-14-10-13(18)6-7-15(14)21-11-16(20)19-9-8-12-4-2-1-3-5-12/h1-7,10H,8-9,11H2,(H,19,20). The molecule has 1 amide bonds. The average molecular weight is 308 g/mol. The molecular formula is C16H15ClFNO2. The fourth-order valence-corrected chi connectivity index (χ4v) is 2.00. The van der Waals surface area contributed by atoms with Crippen LogP contribution in [0.1, 0.15) is 5.56 Å². The molecule has 1 N–H and O–H groups in total. The highest BCUT2D eigenvalue weighted by atomic mass is 35.5. The number of hydrogen-bond acceptors (Lipinski definition) is 2. The molecule has 0 atom stereocenters. The van der Waals surface area contributed by atoms with Crippen molar-refractivity contribution in [2.24, 2.45) is 0 Å². The van der Waals surface area contributed by atoms with E-state index in [1.807, 2.05) is 30.3 Å². The summed E-state index contributed by atoms with van der Waals surface area (Å²) in [6, 6.07) is 13.6. The Morgan fingerprint density at radius 1 is 1.19 bits per heavy atom. The summed E-state index contributed by atoms with van der Waals surface area (Å²) in [5, 5.41) is 2.90. The van der Waals surface area contributed by atoms with Gasteiger partial charge in [0.2, 0.25) is 0 Å². The summed E-state index contributed by atoms with van der Waals surface area (Å²) >= 11 is 5.80. The second-order valence-corrected chi connectivity index (χ2v) is 4.86. The predicted molar refractivity (Wildman–Crippen MR) is 80.1 cm³/mol. The molecule has 110 valence electrons. The number of amides is 1. The number of halogens is 2. The normalized spacial score (nSPS) is 10.2. The third-order valence-corrected chi connectivity index (χ3v) is 3.13. The Bertz CT molecular complexity index is 604. The van der Waals surface area contributed by atoms with E-state index in [1.165, 1.54) is 12.1 Å². The molecule has 2 rings (SSSR count). The molecule has 0 aliphatic heterocycles. The lowest BCUT2D eigenvalue weighted by Gasteiger charge is -2.08. The first-order valence-corrected chi connectivity index (χ1v) is 6.91. The zero-order valence-electron chi connectivity index (χ0n) is 11.3. The Morgan fingerprint density at radius 3 is 2.67 bits per heavy atom. The SMILES string of the molecule is O=C(COc1ccc(F)cc1Cl)NCCc1ccccc1. The molecular weight excluding hydrogens is 293 g/mol. The van der Waals surface area contributed by atoms with Crippen molar-refractivity contribution in [3.63, 3.8) is 0 Å². The van der Waals surface area contributed by atoms with E-state index in [4.69, 9.17) is 16.3 Å². The molecule has 2 aromatic rings. The van der Waals surface area contributed by atoms with Crippen LogP contribution in [0.15, 0.2) is 48.5 Å². The summed E-state index contributed by atoms with van der Waals surface area (Å²) in [7, 11) is 0. The van der Waals surface area contributed by atoms with Crippen LogP contribution in [0.4, 0.5) is 4.39 Å². The quantitative estimate of drug-likeness (QED) is 0.890. The molecule has 0 saturated carbocycles. The van der Waals surface area contributed by atoms with Crippen LogP contribution in [0.3, 0.4) is 0 Å². The Hall–Kier alpha value is -2.07. The average Bonchev–Trinajstić information content (AvgIpc) is 2.47. The van der Waals surface area contributed by atoms with Crippen molar-refractivity contribution in [3.05, 3.63) is 64.9 Å². The third kappa shape index (κ3) is 5.08. The minimum absolute atomic E-state index is 0.145. The largest absolute Gasteiger partial charge is 0.482 e. The molecule has 0 bridgehead atoms. The van der Waals surface area contributed by atoms with Gasteiger partial charge in [-0.25, -0.2) is 4.39 Å². The van der Waals surface area contributed by atoms with Gasteiger partial charge in [-0.15, -0.1) is 0 Å². The molecule has 0 heterocycles. The maximum absolute atomic E-state index is 12.9. The second-order valence-electron chi connectivity index (χ2n) is 4.45. The minimum atomic E-state index is -0.445. The smallest absolute Gasteiger partial charge is 0.257 e. The predicted octanol–water partition coefficient (Wildman–Crippen LogP) is 3.22. The molecule has 0 aliphatic rings. The van der Waals surface area contributed by atoms with Gasteiger partial charge in [-0.1, -0.05) is 41.9 Å². The van der Waals surface area contributed by atoms with Crippen molar-refractivity contribution >= 4 is 17.5 Å². The van der Waals surface area contributed by atoms with Crippen molar-refractivity contribution < 1.29 is 13.9 Å². The molecule has 0 saturated heterocycles. The number of ether oxygens (including phenoxy) is 1. The fourth-order valence-electron chi connectivity index (χ4n) is 1.78. The number of nitrogens with one attached hydrogen (secondary N) is 1. The number of hydrogen-bond donors (Lipinski definition) is 1. The van der Waals surface area contributed by atoms with Gasteiger partial charge in [0, 0.05) is 6.54 Å². The third-order valence-electron chi connectivity index (χ3n) is 2.83. The van der Waals surface area contributed by atoms with E-state index >= 15 is 0 Å². The minimum Gasteiger partial charge on any atom is -0.482 e. The van der Waals surface area contributed by atoms with E-state index in [0.29, 0.717) is 6.54 Å². The lowest BCUT2D eigenvalue weighted by molar-refractivity contribution is -0.123. The van der Waals surface area contributed by atoms with Crippen LogP contribution < -0.4 is 10.1 Å². The Labute approximate surface area is 127 Å².